The molecule has 0 spiro atoms. The minimum atomic E-state index is -0.515. The van der Waals surface area contributed by atoms with Crippen molar-refractivity contribution in [3.05, 3.63) is 16.5 Å². The number of hydrogen-bond acceptors (Lipinski definition) is 4. The Kier molecular flexibility index (Phi) is 4.55. The van der Waals surface area contributed by atoms with Crippen LogP contribution in [0.4, 0.5) is 5.00 Å². The van der Waals surface area contributed by atoms with Crippen molar-refractivity contribution in [2.24, 2.45) is 5.73 Å². The van der Waals surface area contributed by atoms with Gasteiger partial charge in [-0.15, -0.1) is 11.3 Å². The van der Waals surface area contributed by atoms with E-state index in [1.165, 1.54) is 11.3 Å². The molecule has 2 rings (SSSR count). The van der Waals surface area contributed by atoms with E-state index < -0.39 is 5.91 Å². The number of primary amides is 1. The predicted molar refractivity (Wildman–Crippen MR) is 74.4 cm³/mol. The van der Waals surface area contributed by atoms with Gasteiger partial charge in [0.25, 0.3) is 5.91 Å². The van der Waals surface area contributed by atoms with Crippen molar-refractivity contribution in [3.8, 4) is 0 Å². The first-order valence-electron chi connectivity index (χ1n) is 6.38. The average Bonchev–Trinajstić information content (AvgIpc) is 2.96. The molecule has 1 atom stereocenters. The van der Waals surface area contributed by atoms with Gasteiger partial charge in [-0.3, -0.25) is 9.59 Å². The van der Waals surface area contributed by atoms with E-state index in [2.05, 4.69) is 5.32 Å². The normalized spacial score (nSPS) is 18.5. The summed E-state index contributed by atoms with van der Waals surface area (Å²) in [6, 6.07) is 1.70. The number of anilines is 1. The number of carbonyl (C=O) groups excluding carboxylic acids is 2. The molecule has 6 heteroatoms. The largest absolute Gasteiger partial charge is 0.378 e. The molecule has 1 aliphatic heterocycles. The molecule has 1 aliphatic rings. The summed E-state index contributed by atoms with van der Waals surface area (Å²) in [5.74, 6) is -0.612. The Morgan fingerprint density at radius 2 is 2.37 bits per heavy atom. The number of aryl methyl sites for hydroxylation is 1. The minimum absolute atomic E-state index is 0.0974. The third kappa shape index (κ3) is 3.78. The number of nitrogens with one attached hydrogen (secondary N) is 1. The highest BCUT2D eigenvalue weighted by Crippen LogP contribution is 2.27. The molecule has 1 saturated heterocycles. The topological polar surface area (TPSA) is 81.4 Å². The highest BCUT2D eigenvalue weighted by molar-refractivity contribution is 7.16. The van der Waals surface area contributed by atoms with E-state index in [4.69, 9.17) is 10.5 Å². The van der Waals surface area contributed by atoms with Crippen LogP contribution in [-0.2, 0) is 9.53 Å². The highest BCUT2D eigenvalue weighted by Gasteiger charge is 2.18. The number of thiophene rings is 1. The lowest BCUT2D eigenvalue weighted by Gasteiger charge is -2.09. The molecule has 104 valence electrons. The summed E-state index contributed by atoms with van der Waals surface area (Å²) in [6.07, 6.45) is 3.42. The lowest BCUT2D eigenvalue weighted by Crippen LogP contribution is -2.17. The maximum atomic E-state index is 11.8. The van der Waals surface area contributed by atoms with Crippen LogP contribution >= 0.6 is 11.3 Å². The molecule has 0 radical (unpaired) electrons. The summed E-state index contributed by atoms with van der Waals surface area (Å²) in [5, 5.41) is 3.30. The SMILES string of the molecule is Cc1cc(C(N)=O)c(NC(=O)CC[C@@H]2CCCO2)s1. The second kappa shape index (κ2) is 6.16. The number of carbonyl (C=O) groups is 2. The first-order chi connectivity index (χ1) is 9.06. The fourth-order valence-corrected chi connectivity index (χ4v) is 3.08. The molecule has 0 aromatic carbocycles. The lowest BCUT2D eigenvalue weighted by atomic mass is 10.1. The molecule has 0 saturated carbocycles. The van der Waals surface area contributed by atoms with Gasteiger partial charge in [0.15, 0.2) is 0 Å². The van der Waals surface area contributed by atoms with Gasteiger partial charge in [0, 0.05) is 17.9 Å². The second-order valence-corrected chi connectivity index (χ2v) is 5.94. The third-order valence-corrected chi connectivity index (χ3v) is 4.06. The van der Waals surface area contributed by atoms with Crippen LogP contribution in [0.15, 0.2) is 6.07 Å². The average molecular weight is 282 g/mol. The summed E-state index contributed by atoms with van der Waals surface area (Å²) in [5.41, 5.74) is 5.66. The zero-order valence-electron chi connectivity index (χ0n) is 10.9. The molecular formula is C13H18N2O3S. The van der Waals surface area contributed by atoms with Crippen molar-refractivity contribution in [3.63, 3.8) is 0 Å². The molecule has 1 fully saturated rings. The first kappa shape index (κ1) is 14.0. The standard InChI is InChI=1S/C13H18N2O3S/c1-8-7-10(12(14)17)13(19-8)15-11(16)5-4-9-3-2-6-18-9/h7,9H,2-6H2,1H3,(H2,14,17)(H,15,16)/t9-/m0/s1. The van der Waals surface area contributed by atoms with Gasteiger partial charge in [-0.25, -0.2) is 0 Å². The third-order valence-electron chi connectivity index (χ3n) is 3.09. The molecular weight excluding hydrogens is 264 g/mol. The van der Waals surface area contributed by atoms with Crippen LogP contribution in [0.1, 0.15) is 40.9 Å². The maximum Gasteiger partial charge on any atom is 0.251 e. The minimum Gasteiger partial charge on any atom is -0.378 e. The van der Waals surface area contributed by atoms with Gasteiger partial charge < -0.3 is 15.8 Å². The first-order valence-corrected chi connectivity index (χ1v) is 7.19. The molecule has 3 N–H and O–H groups in total. The van der Waals surface area contributed by atoms with Gasteiger partial charge in [0.1, 0.15) is 5.00 Å². The predicted octanol–water partition coefficient (Wildman–Crippen LogP) is 2.05. The summed E-state index contributed by atoms with van der Waals surface area (Å²) < 4.78 is 5.47. The molecule has 2 amide bonds. The Hall–Kier alpha value is -1.40. The van der Waals surface area contributed by atoms with Gasteiger partial charge in [-0.1, -0.05) is 0 Å². The van der Waals surface area contributed by atoms with Crippen LogP contribution in [0, 0.1) is 6.92 Å². The van der Waals surface area contributed by atoms with E-state index in [-0.39, 0.29) is 12.0 Å². The van der Waals surface area contributed by atoms with Crippen LogP contribution in [0.2, 0.25) is 0 Å². The number of hydrogen-bond donors (Lipinski definition) is 2. The van der Waals surface area contributed by atoms with E-state index in [0.717, 1.165) is 30.7 Å². The Morgan fingerprint density at radius 3 is 3.00 bits per heavy atom. The van der Waals surface area contributed by atoms with Crippen molar-refractivity contribution >= 4 is 28.2 Å². The maximum absolute atomic E-state index is 11.8. The summed E-state index contributed by atoms with van der Waals surface area (Å²) >= 11 is 1.37. The zero-order chi connectivity index (χ0) is 13.8. The Bertz CT molecular complexity index is 478. The number of ether oxygens (including phenoxy) is 1. The molecule has 19 heavy (non-hydrogen) atoms. The Balaban J connectivity index is 1.89. The molecule has 1 aromatic rings. The lowest BCUT2D eigenvalue weighted by molar-refractivity contribution is -0.116. The van der Waals surface area contributed by atoms with Crippen LogP contribution in [0.3, 0.4) is 0 Å². The van der Waals surface area contributed by atoms with E-state index in [1.54, 1.807) is 6.07 Å². The molecule has 0 aliphatic carbocycles. The van der Waals surface area contributed by atoms with Crippen LogP contribution in [0.5, 0.6) is 0 Å². The van der Waals surface area contributed by atoms with E-state index in [1.807, 2.05) is 6.92 Å². The van der Waals surface area contributed by atoms with Gasteiger partial charge in [-0.2, -0.15) is 0 Å². The number of amides is 2. The van der Waals surface area contributed by atoms with Crippen molar-refractivity contribution in [1.29, 1.82) is 0 Å². The molecule has 1 aromatic heterocycles. The Labute approximate surface area is 116 Å². The molecule has 0 bridgehead atoms. The van der Waals surface area contributed by atoms with Crippen LogP contribution in [-0.4, -0.2) is 24.5 Å². The van der Waals surface area contributed by atoms with Gasteiger partial charge in [0.05, 0.1) is 11.7 Å². The van der Waals surface area contributed by atoms with Crippen molar-refractivity contribution in [2.45, 2.75) is 38.7 Å². The smallest absolute Gasteiger partial charge is 0.251 e. The number of nitrogens with two attached hydrogens (primary N) is 1. The monoisotopic (exact) mass is 282 g/mol. The fraction of sp³-hybridized carbons (Fsp3) is 0.538. The molecule has 5 nitrogen and oxygen atoms in total. The summed E-state index contributed by atoms with van der Waals surface area (Å²) in [4.78, 5) is 24.0. The van der Waals surface area contributed by atoms with Crippen molar-refractivity contribution in [2.75, 3.05) is 11.9 Å². The fourth-order valence-electron chi connectivity index (χ4n) is 2.14. The summed E-state index contributed by atoms with van der Waals surface area (Å²) in [7, 11) is 0. The van der Waals surface area contributed by atoms with E-state index in [9.17, 15) is 9.59 Å². The van der Waals surface area contributed by atoms with Crippen molar-refractivity contribution < 1.29 is 14.3 Å². The highest BCUT2D eigenvalue weighted by atomic mass is 32.1. The van der Waals surface area contributed by atoms with Crippen LogP contribution < -0.4 is 11.1 Å². The zero-order valence-corrected chi connectivity index (χ0v) is 11.7. The van der Waals surface area contributed by atoms with Crippen LogP contribution in [0.25, 0.3) is 0 Å². The molecule has 0 unspecified atom stereocenters. The molecule has 2 heterocycles. The van der Waals surface area contributed by atoms with Gasteiger partial charge in [-0.05, 0) is 32.3 Å². The summed E-state index contributed by atoms with van der Waals surface area (Å²) in [6.45, 7) is 2.67. The van der Waals surface area contributed by atoms with E-state index in [0.29, 0.717) is 17.0 Å². The van der Waals surface area contributed by atoms with E-state index >= 15 is 0 Å². The van der Waals surface area contributed by atoms with Gasteiger partial charge >= 0.3 is 0 Å². The Morgan fingerprint density at radius 1 is 1.58 bits per heavy atom. The second-order valence-electron chi connectivity index (χ2n) is 4.69. The quantitative estimate of drug-likeness (QED) is 0.867. The van der Waals surface area contributed by atoms with Crippen molar-refractivity contribution in [1.82, 2.24) is 0 Å². The number of rotatable bonds is 5. The van der Waals surface area contributed by atoms with Gasteiger partial charge in [0.2, 0.25) is 5.91 Å².